The Morgan fingerprint density at radius 3 is 2.24 bits per heavy atom. The van der Waals surface area contributed by atoms with Gasteiger partial charge in [-0.15, -0.1) is 0 Å². The van der Waals surface area contributed by atoms with Crippen molar-refractivity contribution in [3.05, 3.63) is 35.9 Å². The van der Waals surface area contributed by atoms with Gasteiger partial charge in [-0.25, -0.2) is 0 Å². The molecule has 0 heterocycles. The number of hydrogen-bond donors (Lipinski definition) is 0. The summed E-state index contributed by atoms with van der Waals surface area (Å²) >= 11 is 0. The Balaban J connectivity index is 2.80. The zero-order valence-corrected chi connectivity index (χ0v) is 19.8. The summed E-state index contributed by atoms with van der Waals surface area (Å²) in [4.78, 5) is 2.55. The maximum Gasteiger partial charge on any atom is 0.336 e. The highest BCUT2D eigenvalue weighted by Crippen LogP contribution is 2.23. The fraction of sp³-hybridized carbons (Fsp3) is 0.700. The number of benzene rings is 1. The highest BCUT2D eigenvalue weighted by atomic mass is 28.4. The van der Waals surface area contributed by atoms with E-state index < -0.39 is 17.4 Å². The minimum absolute atomic E-state index is 0.121. The topological polar surface area (TPSA) is 21.7 Å². The predicted molar refractivity (Wildman–Crippen MR) is 114 cm³/mol. The van der Waals surface area contributed by atoms with Gasteiger partial charge in [-0.05, 0) is 46.7 Å². The molecule has 0 amide bonds. The van der Waals surface area contributed by atoms with E-state index in [1.807, 2.05) is 0 Å². The molecule has 0 aliphatic heterocycles. The molecule has 0 saturated carbocycles. The first-order chi connectivity index (χ1) is 11.6. The van der Waals surface area contributed by atoms with E-state index in [0.717, 1.165) is 25.7 Å². The third-order valence-electron chi connectivity index (χ3n) is 4.82. The van der Waals surface area contributed by atoms with Crippen molar-refractivity contribution in [3.63, 3.8) is 0 Å². The monoisotopic (exact) mass is 381 g/mol. The van der Waals surface area contributed by atoms with Crippen LogP contribution in [0.1, 0.15) is 40.2 Å². The van der Waals surface area contributed by atoms with Crippen LogP contribution in [-0.2, 0) is 15.4 Å². The smallest absolute Gasteiger partial charge is 0.336 e. The molecule has 5 heteroatoms. The lowest BCUT2D eigenvalue weighted by molar-refractivity contribution is 0.120. The number of hydrogen-bond acceptors (Lipinski definition) is 3. The molecule has 0 fully saturated rings. The molecule has 1 aromatic rings. The van der Waals surface area contributed by atoms with E-state index in [4.69, 9.17) is 8.85 Å². The van der Waals surface area contributed by atoms with E-state index in [1.54, 1.807) is 0 Å². The van der Waals surface area contributed by atoms with E-state index in [2.05, 4.69) is 89.5 Å². The van der Waals surface area contributed by atoms with Gasteiger partial charge < -0.3 is 8.85 Å². The van der Waals surface area contributed by atoms with Crippen LogP contribution in [0.15, 0.2) is 30.3 Å². The van der Waals surface area contributed by atoms with Crippen LogP contribution in [0.25, 0.3) is 0 Å². The first kappa shape index (κ1) is 22.6. The molecular weight excluding hydrogens is 342 g/mol. The SMILES string of the molecule is CCO[Si](C)(CCN(Cc1ccccc1)C(C)(C)C)OC(C)[SiH](C)C. The Hall–Kier alpha value is -0.466. The summed E-state index contributed by atoms with van der Waals surface area (Å²) in [6, 6.07) is 11.7. The van der Waals surface area contributed by atoms with Crippen LogP contribution < -0.4 is 0 Å². The lowest BCUT2D eigenvalue weighted by atomic mass is 10.0. The summed E-state index contributed by atoms with van der Waals surface area (Å²) in [7, 11) is -2.95. The van der Waals surface area contributed by atoms with Crippen molar-refractivity contribution in [2.45, 2.75) is 78.1 Å². The first-order valence-electron chi connectivity index (χ1n) is 9.68. The highest BCUT2D eigenvalue weighted by molar-refractivity contribution is 6.67. The zero-order valence-electron chi connectivity index (χ0n) is 17.6. The Kier molecular flexibility index (Phi) is 9.05. The average molecular weight is 382 g/mol. The second kappa shape index (κ2) is 10.0. The van der Waals surface area contributed by atoms with E-state index in [0.29, 0.717) is 5.73 Å². The molecule has 0 saturated heterocycles. The molecule has 0 aliphatic rings. The molecule has 144 valence electrons. The second-order valence-electron chi connectivity index (χ2n) is 8.46. The van der Waals surface area contributed by atoms with Crippen molar-refractivity contribution >= 4 is 17.4 Å². The van der Waals surface area contributed by atoms with Gasteiger partial charge in [0.05, 0.1) is 8.80 Å². The summed E-state index contributed by atoms with van der Waals surface area (Å²) < 4.78 is 12.7. The van der Waals surface area contributed by atoms with Crippen LogP contribution >= 0.6 is 0 Å². The fourth-order valence-corrected chi connectivity index (χ4v) is 7.15. The third-order valence-corrected chi connectivity index (χ3v) is 10.0. The molecule has 0 spiro atoms. The Morgan fingerprint density at radius 1 is 1.16 bits per heavy atom. The van der Waals surface area contributed by atoms with Crippen LogP contribution in [0.5, 0.6) is 0 Å². The maximum atomic E-state index is 6.50. The highest BCUT2D eigenvalue weighted by Gasteiger charge is 2.35. The summed E-state index contributed by atoms with van der Waals surface area (Å²) in [5.41, 5.74) is 1.86. The minimum Gasteiger partial charge on any atom is -0.395 e. The Bertz CT molecular complexity index is 490. The Morgan fingerprint density at radius 2 is 1.76 bits per heavy atom. The van der Waals surface area contributed by atoms with Crippen molar-refractivity contribution < 1.29 is 8.85 Å². The van der Waals surface area contributed by atoms with Gasteiger partial charge in [-0.1, -0.05) is 43.4 Å². The Labute approximate surface area is 158 Å². The van der Waals surface area contributed by atoms with Gasteiger partial charge >= 0.3 is 8.56 Å². The van der Waals surface area contributed by atoms with Gasteiger partial charge in [-0.3, -0.25) is 4.90 Å². The van der Waals surface area contributed by atoms with Gasteiger partial charge in [-0.2, -0.15) is 0 Å². The van der Waals surface area contributed by atoms with Gasteiger partial charge in [0.25, 0.3) is 0 Å². The molecule has 0 aromatic heterocycles. The summed E-state index contributed by atoms with van der Waals surface area (Å²) in [5.74, 6) is 0. The van der Waals surface area contributed by atoms with E-state index >= 15 is 0 Å². The average Bonchev–Trinajstić information content (AvgIpc) is 2.51. The number of nitrogens with zero attached hydrogens (tertiary/aromatic N) is 1. The molecule has 1 aromatic carbocycles. The van der Waals surface area contributed by atoms with Crippen molar-refractivity contribution in [2.24, 2.45) is 0 Å². The third kappa shape index (κ3) is 8.18. The van der Waals surface area contributed by atoms with Crippen molar-refractivity contribution in [2.75, 3.05) is 13.2 Å². The van der Waals surface area contributed by atoms with Crippen molar-refractivity contribution in [1.29, 1.82) is 0 Å². The minimum atomic E-state index is -2.14. The molecule has 2 atom stereocenters. The largest absolute Gasteiger partial charge is 0.395 e. The van der Waals surface area contributed by atoms with Crippen LogP contribution in [0.3, 0.4) is 0 Å². The van der Waals surface area contributed by atoms with Crippen LogP contribution in [0.2, 0.25) is 25.7 Å². The molecular formula is C20H39NO2Si2. The van der Waals surface area contributed by atoms with E-state index in [9.17, 15) is 0 Å². The van der Waals surface area contributed by atoms with E-state index in [1.165, 1.54) is 5.56 Å². The lowest BCUT2D eigenvalue weighted by Crippen LogP contribution is -2.49. The summed E-state index contributed by atoms with van der Waals surface area (Å²) in [6.45, 7) is 20.8. The van der Waals surface area contributed by atoms with Crippen LogP contribution in [0.4, 0.5) is 0 Å². The molecule has 0 bridgehead atoms. The predicted octanol–water partition coefficient (Wildman–Crippen LogP) is 4.83. The zero-order chi connectivity index (χ0) is 19.1. The molecule has 3 nitrogen and oxygen atoms in total. The van der Waals surface area contributed by atoms with Crippen molar-refractivity contribution in [1.82, 2.24) is 4.90 Å². The second-order valence-corrected chi connectivity index (χ2v) is 15.2. The fourth-order valence-electron chi connectivity index (χ4n) is 2.79. The first-order valence-corrected chi connectivity index (χ1v) is 15.2. The van der Waals surface area contributed by atoms with Gasteiger partial charge in [0, 0.05) is 37.0 Å². The molecule has 0 aliphatic carbocycles. The number of rotatable bonds is 10. The standard InChI is InChI=1S/C20H39NO2Si2/c1-9-22-25(8,23-18(2)24(6)7)16-15-21(20(3,4)5)17-19-13-11-10-12-14-19/h10-14,18,24H,9,15-17H2,1-8H3. The molecule has 0 radical (unpaired) electrons. The maximum absolute atomic E-state index is 6.50. The lowest BCUT2D eigenvalue weighted by Gasteiger charge is -2.39. The molecule has 2 unspecified atom stereocenters. The van der Waals surface area contributed by atoms with Crippen molar-refractivity contribution in [3.8, 4) is 0 Å². The summed E-state index contributed by atoms with van der Waals surface area (Å²) in [6.07, 6.45) is 0. The normalized spacial score (nSPS) is 16.2. The van der Waals surface area contributed by atoms with Crippen LogP contribution in [0, 0.1) is 0 Å². The van der Waals surface area contributed by atoms with Crippen LogP contribution in [-0.4, -0.2) is 46.7 Å². The molecule has 1 rings (SSSR count). The summed E-state index contributed by atoms with van der Waals surface area (Å²) in [5, 5.41) is 0. The van der Waals surface area contributed by atoms with Gasteiger partial charge in [0.2, 0.25) is 0 Å². The molecule has 0 N–H and O–H groups in total. The molecule has 25 heavy (non-hydrogen) atoms. The van der Waals surface area contributed by atoms with Gasteiger partial charge in [0.15, 0.2) is 0 Å². The van der Waals surface area contributed by atoms with E-state index in [-0.39, 0.29) is 5.54 Å². The van der Waals surface area contributed by atoms with Gasteiger partial charge in [0.1, 0.15) is 0 Å². The quantitative estimate of drug-likeness (QED) is 0.542.